The number of guanidine groups is 1. The van der Waals surface area contributed by atoms with Crippen LogP contribution in [0.2, 0.25) is 0 Å². The second-order valence-corrected chi connectivity index (χ2v) is 6.79. The number of aromatic nitrogens is 2. The van der Waals surface area contributed by atoms with Crippen molar-refractivity contribution in [3.8, 4) is 0 Å². The van der Waals surface area contributed by atoms with Gasteiger partial charge < -0.3 is 10.6 Å². The fourth-order valence-electron chi connectivity index (χ4n) is 2.13. The molecule has 2 aromatic heterocycles. The Bertz CT molecular complexity index is 573. The standard InChI is InChI=1S/C16H25N5S/c1-4-17-16(19-11-15-7-6-14(3)22-15)18-10-13(2)12-21-9-5-8-20-21/h5-9,13H,4,10-12H2,1-3H3,(H2,17,18,19). The summed E-state index contributed by atoms with van der Waals surface area (Å²) in [6.45, 7) is 9.78. The Kier molecular flexibility index (Phi) is 6.45. The normalized spacial score (nSPS) is 13.1. The molecule has 0 aliphatic carbocycles. The van der Waals surface area contributed by atoms with Crippen molar-refractivity contribution in [1.29, 1.82) is 0 Å². The maximum Gasteiger partial charge on any atom is 0.191 e. The first-order valence-corrected chi connectivity index (χ1v) is 8.54. The van der Waals surface area contributed by atoms with Crippen LogP contribution in [0, 0.1) is 12.8 Å². The van der Waals surface area contributed by atoms with Crippen LogP contribution in [-0.4, -0.2) is 28.8 Å². The van der Waals surface area contributed by atoms with Crippen LogP contribution < -0.4 is 10.6 Å². The summed E-state index contributed by atoms with van der Waals surface area (Å²) < 4.78 is 1.96. The van der Waals surface area contributed by atoms with Gasteiger partial charge >= 0.3 is 0 Å². The molecule has 0 radical (unpaired) electrons. The first kappa shape index (κ1) is 16.5. The van der Waals surface area contributed by atoms with Crippen LogP contribution in [0.1, 0.15) is 23.6 Å². The molecule has 0 spiro atoms. The van der Waals surface area contributed by atoms with Crippen molar-refractivity contribution in [3.05, 3.63) is 40.3 Å². The van der Waals surface area contributed by atoms with Gasteiger partial charge in [-0.3, -0.25) is 4.68 Å². The van der Waals surface area contributed by atoms with E-state index in [9.17, 15) is 0 Å². The lowest BCUT2D eigenvalue weighted by Gasteiger charge is -2.15. The van der Waals surface area contributed by atoms with Gasteiger partial charge in [-0.1, -0.05) is 6.92 Å². The predicted octanol–water partition coefficient (Wildman–Crippen LogP) is 2.64. The second-order valence-electron chi connectivity index (χ2n) is 5.42. The van der Waals surface area contributed by atoms with Gasteiger partial charge in [0.15, 0.2) is 5.96 Å². The van der Waals surface area contributed by atoms with Gasteiger partial charge in [-0.25, -0.2) is 4.99 Å². The molecule has 1 unspecified atom stereocenters. The molecule has 0 aliphatic heterocycles. The van der Waals surface area contributed by atoms with E-state index in [1.54, 1.807) is 11.3 Å². The molecule has 2 rings (SSSR count). The van der Waals surface area contributed by atoms with E-state index in [1.807, 2.05) is 23.1 Å². The van der Waals surface area contributed by atoms with Crippen LogP contribution in [0.15, 0.2) is 35.6 Å². The monoisotopic (exact) mass is 319 g/mol. The molecule has 1 atom stereocenters. The largest absolute Gasteiger partial charge is 0.357 e. The summed E-state index contributed by atoms with van der Waals surface area (Å²) in [6.07, 6.45) is 3.81. The molecular formula is C16H25N5S. The van der Waals surface area contributed by atoms with Gasteiger partial charge in [-0.15, -0.1) is 11.3 Å². The first-order chi connectivity index (χ1) is 10.7. The van der Waals surface area contributed by atoms with Gasteiger partial charge in [0, 0.05) is 41.8 Å². The number of hydrogen-bond acceptors (Lipinski definition) is 3. The van der Waals surface area contributed by atoms with Crippen molar-refractivity contribution in [2.45, 2.75) is 33.9 Å². The van der Waals surface area contributed by atoms with E-state index in [0.29, 0.717) is 5.92 Å². The summed E-state index contributed by atoms with van der Waals surface area (Å²) in [5.74, 6) is 1.36. The molecule has 2 N–H and O–H groups in total. The SMILES string of the molecule is CCNC(=NCc1ccc(C)s1)NCC(C)Cn1cccn1. The van der Waals surface area contributed by atoms with Crippen molar-refractivity contribution in [2.24, 2.45) is 10.9 Å². The summed E-state index contributed by atoms with van der Waals surface area (Å²) >= 11 is 1.80. The predicted molar refractivity (Wildman–Crippen MR) is 93.3 cm³/mol. The van der Waals surface area contributed by atoms with Crippen molar-refractivity contribution in [2.75, 3.05) is 13.1 Å². The van der Waals surface area contributed by atoms with Gasteiger partial charge in [0.2, 0.25) is 0 Å². The molecule has 0 saturated carbocycles. The van der Waals surface area contributed by atoms with Crippen LogP contribution >= 0.6 is 11.3 Å². The molecule has 0 amide bonds. The number of aryl methyl sites for hydroxylation is 1. The third-order valence-electron chi connectivity index (χ3n) is 3.21. The number of nitrogens with zero attached hydrogens (tertiary/aromatic N) is 3. The topological polar surface area (TPSA) is 54.2 Å². The fourth-order valence-corrected chi connectivity index (χ4v) is 2.95. The van der Waals surface area contributed by atoms with E-state index >= 15 is 0 Å². The highest BCUT2D eigenvalue weighted by Crippen LogP contribution is 2.15. The molecule has 0 fully saturated rings. The molecule has 0 aliphatic rings. The average Bonchev–Trinajstić information content (AvgIpc) is 3.13. The van der Waals surface area contributed by atoms with E-state index in [4.69, 9.17) is 0 Å². The van der Waals surface area contributed by atoms with E-state index in [-0.39, 0.29) is 0 Å². The van der Waals surface area contributed by atoms with E-state index < -0.39 is 0 Å². The number of thiophene rings is 1. The Morgan fingerprint density at radius 1 is 1.41 bits per heavy atom. The van der Waals surface area contributed by atoms with E-state index in [0.717, 1.165) is 32.1 Å². The Morgan fingerprint density at radius 2 is 2.27 bits per heavy atom. The van der Waals surface area contributed by atoms with Gasteiger partial charge in [-0.05, 0) is 38.0 Å². The number of nitrogens with one attached hydrogen (secondary N) is 2. The highest BCUT2D eigenvalue weighted by Gasteiger charge is 2.05. The molecule has 0 saturated heterocycles. The Labute approximate surface area is 136 Å². The van der Waals surface area contributed by atoms with Gasteiger partial charge in [-0.2, -0.15) is 5.10 Å². The van der Waals surface area contributed by atoms with Crippen molar-refractivity contribution in [3.63, 3.8) is 0 Å². The third-order valence-corrected chi connectivity index (χ3v) is 4.19. The van der Waals surface area contributed by atoms with Crippen molar-refractivity contribution < 1.29 is 0 Å². The summed E-state index contributed by atoms with van der Waals surface area (Å²) in [5.41, 5.74) is 0. The van der Waals surface area contributed by atoms with Gasteiger partial charge in [0.1, 0.15) is 0 Å². The second kappa shape index (κ2) is 8.58. The number of aliphatic imine (C=N–C) groups is 1. The summed E-state index contributed by atoms with van der Waals surface area (Å²) in [7, 11) is 0. The zero-order chi connectivity index (χ0) is 15.8. The minimum Gasteiger partial charge on any atom is -0.357 e. The zero-order valence-corrected chi connectivity index (χ0v) is 14.4. The molecule has 0 aromatic carbocycles. The van der Waals surface area contributed by atoms with Gasteiger partial charge in [0.25, 0.3) is 0 Å². The molecule has 5 nitrogen and oxygen atoms in total. The minimum atomic E-state index is 0.479. The molecule has 2 heterocycles. The highest BCUT2D eigenvalue weighted by atomic mass is 32.1. The first-order valence-electron chi connectivity index (χ1n) is 7.72. The van der Waals surface area contributed by atoms with Crippen LogP contribution in [0.25, 0.3) is 0 Å². The number of hydrogen-bond donors (Lipinski definition) is 2. The smallest absolute Gasteiger partial charge is 0.191 e. The molecule has 6 heteroatoms. The molecule has 120 valence electrons. The lowest BCUT2D eigenvalue weighted by molar-refractivity contribution is 0.443. The molecule has 22 heavy (non-hydrogen) atoms. The zero-order valence-electron chi connectivity index (χ0n) is 13.5. The van der Waals surface area contributed by atoms with Gasteiger partial charge in [0.05, 0.1) is 6.54 Å². The fraction of sp³-hybridized carbons (Fsp3) is 0.500. The van der Waals surface area contributed by atoms with Crippen LogP contribution in [0.4, 0.5) is 0 Å². The molecular weight excluding hydrogens is 294 g/mol. The molecule has 2 aromatic rings. The quantitative estimate of drug-likeness (QED) is 0.609. The van der Waals surface area contributed by atoms with E-state index in [2.05, 4.69) is 53.6 Å². The maximum absolute atomic E-state index is 4.65. The lowest BCUT2D eigenvalue weighted by atomic mass is 10.2. The Balaban J connectivity index is 1.82. The van der Waals surface area contributed by atoms with Crippen LogP contribution in [0.3, 0.4) is 0 Å². The van der Waals surface area contributed by atoms with Crippen LogP contribution in [0.5, 0.6) is 0 Å². The summed E-state index contributed by atoms with van der Waals surface area (Å²) in [5, 5.41) is 10.9. The average molecular weight is 319 g/mol. The molecule has 0 bridgehead atoms. The minimum absolute atomic E-state index is 0.479. The lowest BCUT2D eigenvalue weighted by Crippen LogP contribution is -2.40. The van der Waals surface area contributed by atoms with E-state index in [1.165, 1.54) is 9.75 Å². The number of rotatable bonds is 7. The van der Waals surface area contributed by atoms with Crippen LogP contribution in [-0.2, 0) is 13.1 Å². The Hall–Kier alpha value is -1.82. The Morgan fingerprint density at radius 3 is 2.91 bits per heavy atom. The highest BCUT2D eigenvalue weighted by molar-refractivity contribution is 7.11. The third kappa shape index (κ3) is 5.52. The summed E-state index contributed by atoms with van der Waals surface area (Å²) in [6, 6.07) is 6.24. The summed E-state index contributed by atoms with van der Waals surface area (Å²) in [4.78, 5) is 7.27. The van der Waals surface area contributed by atoms with Crippen molar-refractivity contribution in [1.82, 2.24) is 20.4 Å². The van der Waals surface area contributed by atoms with Crippen molar-refractivity contribution >= 4 is 17.3 Å². The maximum atomic E-state index is 4.65.